The van der Waals surface area contributed by atoms with Crippen LogP contribution in [0.1, 0.15) is 78.4 Å². The molecule has 5 aromatic rings. The second-order valence-electron chi connectivity index (χ2n) is 13.6. The van der Waals surface area contributed by atoms with Gasteiger partial charge >= 0.3 is 23.9 Å². The summed E-state index contributed by atoms with van der Waals surface area (Å²) < 4.78 is 41.2. The standard InChI is InChI=1S/C27H17F3N3O2.C15H28O2.Ir/c1-15-9-16(2)11-19(10-15)24-23-6-4-18-12-17(3-5-21(18)22(23)7-8-31-24)20-13-32-26(33-14-20)35-25(34)27(28,29)30;1-7-14(5,8-2)12(16)11-13(17)15(6,9-3)10-4;/h3-10,12-14H,1-2H3;11,16H,7-10H2,1-6H3;/q-1;;/p+1/b;12-11-;. The first-order valence-corrected chi connectivity index (χ1v) is 17.4. The molecule has 7 nitrogen and oxygen atoms in total. The van der Waals surface area contributed by atoms with E-state index in [1.807, 2.05) is 64.1 Å². The van der Waals surface area contributed by atoms with Gasteiger partial charge in [-0.25, -0.2) is 14.8 Å². The molecule has 5 rings (SSSR count). The summed E-state index contributed by atoms with van der Waals surface area (Å²) in [4.78, 5) is 33.2. The summed E-state index contributed by atoms with van der Waals surface area (Å²) in [5.41, 5.74) is 4.87. The molecule has 0 aliphatic carbocycles. The van der Waals surface area contributed by atoms with Crippen molar-refractivity contribution >= 4 is 33.3 Å². The van der Waals surface area contributed by atoms with Gasteiger partial charge in [-0.05, 0) is 77.5 Å². The van der Waals surface area contributed by atoms with Crippen LogP contribution in [0.5, 0.6) is 6.01 Å². The molecule has 2 aromatic heterocycles. The van der Waals surface area contributed by atoms with Gasteiger partial charge in [0.05, 0.1) is 11.5 Å². The fraction of sp³-hybridized carbons (Fsp3) is 0.357. The molecular formula is C42H46F3IrN3O4. The molecule has 0 saturated heterocycles. The van der Waals surface area contributed by atoms with Crippen LogP contribution in [0, 0.1) is 30.7 Å². The number of hydrogen-bond donors (Lipinski definition) is 1. The Morgan fingerprint density at radius 3 is 2.00 bits per heavy atom. The van der Waals surface area contributed by atoms with E-state index >= 15 is 0 Å². The number of ketones is 1. The average Bonchev–Trinajstić information content (AvgIpc) is 3.13. The molecule has 0 bridgehead atoms. The fourth-order valence-corrected chi connectivity index (χ4v) is 5.77. The maximum Gasteiger partial charge on any atom is 0.491 e. The van der Waals surface area contributed by atoms with Crippen LogP contribution in [0.2, 0.25) is 0 Å². The third-order valence-electron chi connectivity index (χ3n) is 10.2. The number of halogens is 3. The first kappa shape index (κ1) is 42.9. The zero-order valence-corrected chi connectivity index (χ0v) is 33.7. The van der Waals surface area contributed by atoms with Gasteiger partial charge in [-0.2, -0.15) is 13.2 Å². The van der Waals surface area contributed by atoms with E-state index in [0.29, 0.717) is 17.1 Å². The number of benzene rings is 3. The minimum Gasteiger partial charge on any atom is -0.511 e. The quantitative estimate of drug-likeness (QED) is 0.0374. The molecule has 0 spiro atoms. The SMILES string of the molecule is CCC(C)(CC)C(=[OH+])/C=C(\O)C(C)(CC)CC.Cc1[c-]c(-c2nccc3c2ccc2cc(-c4cnc(OC(=O)C(F)(F)F)nc4)ccc23)cc(C)c1.[Ir]. The van der Waals surface area contributed by atoms with Crippen molar-refractivity contribution in [1.82, 2.24) is 15.0 Å². The summed E-state index contributed by atoms with van der Waals surface area (Å²) in [5, 5.41) is 14.2. The normalized spacial score (nSPS) is 12.2. The van der Waals surface area contributed by atoms with Crippen molar-refractivity contribution in [2.75, 3.05) is 0 Å². The summed E-state index contributed by atoms with van der Waals surface area (Å²) in [6, 6.07) is 18.6. The maximum absolute atomic E-state index is 12.4. The molecule has 53 heavy (non-hydrogen) atoms. The topological polar surface area (TPSA) is 107 Å². The monoisotopic (exact) mass is 906 g/mol. The van der Waals surface area contributed by atoms with Gasteiger partial charge in [0.1, 0.15) is 5.76 Å². The molecule has 11 heteroatoms. The van der Waals surface area contributed by atoms with Gasteiger partial charge in [-0.3, -0.25) is 4.79 Å². The van der Waals surface area contributed by atoms with E-state index in [4.69, 9.17) is 0 Å². The Morgan fingerprint density at radius 2 is 1.43 bits per heavy atom. The van der Waals surface area contributed by atoms with Crippen molar-refractivity contribution in [3.05, 3.63) is 96.1 Å². The molecule has 2 N–H and O–H groups in total. The number of aromatic nitrogens is 3. The van der Waals surface area contributed by atoms with Crippen LogP contribution in [-0.4, -0.2) is 42.8 Å². The van der Waals surface area contributed by atoms with Crippen molar-refractivity contribution < 1.29 is 52.7 Å². The van der Waals surface area contributed by atoms with Gasteiger partial charge in [0, 0.05) is 49.7 Å². The first-order chi connectivity index (χ1) is 24.5. The third kappa shape index (κ3) is 9.95. The first-order valence-electron chi connectivity index (χ1n) is 17.4. The average molecular weight is 906 g/mol. The number of nitrogens with zero attached hydrogens (tertiary/aromatic N) is 3. The van der Waals surface area contributed by atoms with E-state index < -0.39 is 18.2 Å². The summed E-state index contributed by atoms with van der Waals surface area (Å²) >= 11 is 0. The van der Waals surface area contributed by atoms with Crippen molar-refractivity contribution in [3.8, 4) is 28.4 Å². The summed E-state index contributed by atoms with van der Waals surface area (Å²) in [7, 11) is 0. The van der Waals surface area contributed by atoms with Crippen molar-refractivity contribution in [2.24, 2.45) is 10.8 Å². The van der Waals surface area contributed by atoms with E-state index in [-0.39, 0.29) is 30.9 Å². The van der Waals surface area contributed by atoms with E-state index in [9.17, 15) is 27.9 Å². The molecule has 0 aliphatic rings. The van der Waals surface area contributed by atoms with Gasteiger partial charge < -0.3 is 14.8 Å². The second kappa shape index (κ2) is 17.6. The fourth-order valence-electron chi connectivity index (χ4n) is 5.77. The van der Waals surface area contributed by atoms with Gasteiger partial charge in [0.2, 0.25) is 0 Å². The van der Waals surface area contributed by atoms with Gasteiger partial charge in [0.15, 0.2) is 0 Å². The molecule has 0 atom stereocenters. The number of esters is 1. The number of alkyl halides is 3. The number of carbonyl (C=O) groups excluding carboxylic acids is 2. The number of ether oxygens (including phenoxy) is 1. The Labute approximate surface area is 322 Å². The number of hydrogen-bond acceptors (Lipinski definition) is 6. The molecule has 0 aliphatic heterocycles. The minimum absolute atomic E-state index is 0. The number of allylic oxidation sites excluding steroid dienone is 2. The maximum atomic E-state index is 12.4. The summed E-state index contributed by atoms with van der Waals surface area (Å²) in [6.07, 6.45) is 4.34. The predicted octanol–water partition coefficient (Wildman–Crippen LogP) is 11.0. The van der Waals surface area contributed by atoms with E-state index in [2.05, 4.69) is 65.6 Å². The Hall–Kier alpha value is -4.47. The van der Waals surface area contributed by atoms with E-state index in [0.717, 1.165) is 75.2 Å². The molecule has 1 radical (unpaired) electrons. The molecule has 0 amide bonds. The van der Waals surface area contributed by atoms with Crippen LogP contribution in [0.4, 0.5) is 13.2 Å². The Balaban J connectivity index is 0.000000359. The Kier molecular flexibility index (Phi) is 14.2. The molecular weight excluding hydrogens is 860 g/mol. The second-order valence-corrected chi connectivity index (χ2v) is 13.6. The Bertz CT molecular complexity index is 2090. The summed E-state index contributed by atoms with van der Waals surface area (Å²) in [5.74, 6) is -1.77. The van der Waals surface area contributed by atoms with Crippen molar-refractivity contribution in [1.29, 1.82) is 0 Å². The van der Waals surface area contributed by atoms with E-state index in [1.165, 1.54) is 12.4 Å². The smallest absolute Gasteiger partial charge is 0.491 e. The number of aliphatic hydroxyl groups excluding tert-OH is 1. The van der Waals surface area contributed by atoms with Crippen molar-refractivity contribution in [2.45, 2.75) is 87.2 Å². The number of rotatable bonds is 10. The van der Waals surface area contributed by atoms with Crippen molar-refractivity contribution in [3.63, 3.8) is 0 Å². The molecule has 0 fully saturated rings. The number of carbonyl (C=O) groups is 1. The third-order valence-corrected chi connectivity index (χ3v) is 10.2. The van der Waals surface area contributed by atoms with Crippen LogP contribution in [0.3, 0.4) is 0 Å². The predicted molar refractivity (Wildman–Crippen MR) is 201 cm³/mol. The zero-order valence-electron chi connectivity index (χ0n) is 31.3. The van der Waals surface area contributed by atoms with Gasteiger partial charge in [-0.1, -0.05) is 72.7 Å². The zero-order chi connectivity index (χ0) is 38.4. The number of fused-ring (bicyclic) bond motifs is 3. The van der Waals surface area contributed by atoms with Crippen LogP contribution in [0.25, 0.3) is 43.9 Å². The van der Waals surface area contributed by atoms with Crippen LogP contribution < -0.4 is 4.74 Å². The van der Waals surface area contributed by atoms with Gasteiger partial charge in [-0.15, -0.1) is 34.9 Å². The van der Waals surface area contributed by atoms with Crippen LogP contribution >= 0.6 is 0 Å². The molecule has 283 valence electrons. The Morgan fingerprint density at radius 1 is 0.830 bits per heavy atom. The number of pyridine rings is 1. The molecule has 3 aromatic carbocycles. The molecule has 0 saturated carbocycles. The number of aryl methyl sites for hydroxylation is 2. The van der Waals surface area contributed by atoms with E-state index in [1.54, 1.807) is 12.3 Å². The van der Waals surface area contributed by atoms with Gasteiger partial charge in [0.25, 0.3) is 0 Å². The number of aliphatic hydroxyl groups is 1. The van der Waals surface area contributed by atoms with Crippen LogP contribution in [-0.2, 0) is 24.9 Å². The molecule has 0 unspecified atom stereocenters. The molecule has 2 heterocycles. The van der Waals surface area contributed by atoms with Crippen LogP contribution in [0.15, 0.2) is 79.0 Å². The summed E-state index contributed by atoms with van der Waals surface area (Å²) in [6.45, 7) is 16.3. The largest absolute Gasteiger partial charge is 0.511 e. The minimum atomic E-state index is -5.12.